The summed E-state index contributed by atoms with van der Waals surface area (Å²) in [6.07, 6.45) is 3.09. The van der Waals surface area contributed by atoms with Crippen molar-refractivity contribution in [1.82, 2.24) is 0 Å². The zero-order chi connectivity index (χ0) is 16.8. The predicted octanol–water partition coefficient (Wildman–Crippen LogP) is 6.11. The van der Waals surface area contributed by atoms with E-state index in [0.717, 1.165) is 23.5 Å². The van der Waals surface area contributed by atoms with Crippen molar-refractivity contribution in [3.63, 3.8) is 0 Å². The Balaban J connectivity index is 0.00000182. The molecule has 0 amide bonds. The van der Waals surface area contributed by atoms with Gasteiger partial charge in [-0.3, -0.25) is 0 Å². The zero-order valence-electron chi connectivity index (χ0n) is 14.6. The van der Waals surface area contributed by atoms with Crippen molar-refractivity contribution in [2.24, 2.45) is 0 Å². The van der Waals surface area contributed by atoms with Gasteiger partial charge < -0.3 is 4.42 Å². The molecule has 0 saturated carbocycles. The summed E-state index contributed by atoms with van der Waals surface area (Å²) in [7, 11) is 0. The molecule has 1 heterocycles. The maximum atomic E-state index is 13.3. The minimum Gasteiger partial charge on any atom is -0.462 e. The fourth-order valence-electron chi connectivity index (χ4n) is 3.50. The Morgan fingerprint density at radius 3 is 2.32 bits per heavy atom. The van der Waals surface area contributed by atoms with Crippen LogP contribution in [0.1, 0.15) is 33.8 Å². The number of rotatable bonds is 2. The number of aryl methyl sites for hydroxylation is 2. The van der Waals surface area contributed by atoms with Crippen molar-refractivity contribution in [3.05, 3.63) is 82.1 Å². The molecule has 124 valence electrons. The van der Waals surface area contributed by atoms with Crippen LogP contribution in [0.25, 0.3) is 22.8 Å². The topological polar surface area (TPSA) is 13.1 Å². The van der Waals surface area contributed by atoms with Crippen LogP contribution in [0.2, 0.25) is 0 Å². The smallest absolute Gasteiger partial charge is 0.130 e. The van der Waals surface area contributed by atoms with E-state index >= 15 is 0 Å². The standard InChI is InChI=1S/C22H19FO.Zr/c1-13-10-17-11-18(21-9-4-14(2)24-21)12-20(17)22(15(13)3)16-5-7-19(23)8-6-16;/h4-10,12H,11H2,1-3H3;. The van der Waals surface area contributed by atoms with E-state index < -0.39 is 0 Å². The third-order valence-corrected chi connectivity index (χ3v) is 4.86. The first-order valence-electron chi connectivity index (χ1n) is 8.19. The summed E-state index contributed by atoms with van der Waals surface area (Å²) in [6.45, 7) is 6.24. The van der Waals surface area contributed by atoms with Gasteiger partial charge in [-0.1, -0.05) is 18.2 Å². The molecule has 0 spiro atoms. The minimum absolute atomic E-state index is 0. The number of allylic oxidation sites excluding steroid dienone is 1. The van der Waals surface area contributed by atoms with Crippen molar-refractivity contribution in [2.45, 2.75) is 27.2 Å². The third kappa shape index (κ3) is 3.23. The molecule has 1 aromatic heterocycles. The van der Waals surface area contributed by atoms with E-state index in [1.807, 2.05) is 31.2 Å². The molecule has 1 aliphatic rings. The Morgan fingerprint density at radius 2 is 1.68 bits per heavy atom. The fraction of sp³-hybridized carbons (Fsp3) is 0.182. The van der Waals surface area contributed by atoms with Gasteiger partial charge in [0, 0.05) is 32.6 Å². The number of benzene rings is 2. The van der Waals surface area contributed by atoms with E-state index in [1.54, 1.807) is 0 Å². The van der Waals surface area contributed by atoms with Crippen molar-refractivity contribution < 1.29 is 35.0 Å². The van der Waals surface area contributed by atoms with Gasteiger partial charge in [0.2, 0.25) is 0 Å². The van der Waals surface area contributed by atoms with Crippen molar-refractivity contribution in [1.29, 1.82) is 0 Å². The van der Waals surface area contributed by atoms with Crippen LogP contribution in [-0.4, -0.2) is 0 Å². The molecule has 0 fully saturated rings. The van der Waals surface area contributed by atoms with Crippen LogP contribution < -0.4 is 0 Å². The molecular formula is C22H19FOZr. The maximum absolute atomic E-state index is 13.3. The molecule has 25 heavy (non-hydrogen) atoms. The Labute approximate surface area is 166 Å². The number of furan rings is 1. The predicted molar refractivity (Wildman–Crippen MR) is 96.3 cm³/mol. The van der Waals surface area contributed by atoms with Crippen molar-refractivity contribution in [2.75, 3.05) is 0 Å². The molecule has 0 bridgehead atoms. The summed E-state index contributed by atoms with van der Waals surface area (Å²) in [5.74, 6) is 1.65. The van der Waals surface area contributed by atoms with Gasteiger partial charge in [0.25, 0.3) is 0 Å². The Morgan fingerprint density at radius 1 is 0.960 bits per heavy atom. The van der Waals surface area contributed by atoms with E-state index in [4.69, 9.17) is 4.42 Å². The second-order valence-corrected chi connectivity index (χ2v) is 6.53. The zero-order valence-corrected chi connectivity index (χ0v) is 17.1. The first-order valence-corrected chi connectivity index (χ1v) is 8.19. The molecule has 4 rings (SSSR count). The quantitative estimate of drug-likeness (QED) is 0.498. The summed E-state index contributed by atoms with van der Waals surface area (Å²) in [6, 6.07) is 13.1. The van der Waals surface area contributed by atoms with E-state index in [2.05, 4.69) is 26.0 Å². The summed E-state index contributed by atoms with van der Waals surface area (Å²) < 4.78 is 19.1. The van der Waals surface area contributed by atoms with Crippen LogP contribution in [0.4, 0.5) is 4.39 Å². The Hall–Kier alpha value is -1.73. The molecular weight excluding hydrogens is 390 g/mol. The molecule has 3 heteroatoms. The normalized spacial score (nSPS) is 12.6. The number of fused-ring (bicyclic) bond motifs is 1. The van der Waals surface area contributed by atoms with E-state index in [0.29, 0.717) is 0 Å². The molecule has 0 unspecified atom stereocenters. The van der Waals surface area contributed by atoms with Crippen LogP contribution >= 0.6 is 0 Å². The molecule has 3 aromatic rings. The number of hydrogen-bond donors (Lipinski definition) is 0. The summed E-state index contributed by atoms with van der Waals surface area (Å²) >= 11 is 0. The monoisotopic (exact) mass is 408 g/mol. The van der Waals surface area contributed by atoms with Gasteiger partial charge in [-0.15, -0.1) is 0 Å². The second-order valence-electron chi connectivity index (χ2n) is 6.53. The average molecular weight is 410 g/mol. The van der Waals surface area contributed by atoms with E-state index in [1.165, 1.54) is 45.5 Å². The molecule has 0 radical (unpaired) electrons. The first kappa shape index (κ1) is 18.1. The molecule has 0 saturated heterocycles. The fourth-order valence-corrected chi connectivity index (χ4v) is 3.50. The minimum atomic E-state index is -0.206. The van der Waals surface area contributed by atoms with Crippen LogP contribution in [-0.2, 0) is 32.6 Å². The van der Waals surface area contributed by atoms with E-state index in [-0.39, 0.29) is 32.0 Å². The van der Waals surface area contributed by atoms with Gasteiger partial charge >= 0.3 is 0 Å². The summed E-state index contributed by atoms with van der Waals surface area (Å²) in [5.41, 5.74) is 8.50. The molecule has 0 N–H and O–H groups in total. The largest absolute Gasteiger partial charge is 0.462 e. The summed E-state index contributed by atoms with van der Waals surface area (Å²) in [4.78, 5) is 0. The molecule has 1 nitrogen and oxygen atoms in total. The van der Waals surface area contributed by atoms with Crippen LogP contribution in [0.15, 0.2) is 46.9 Å². The Bertz CT molecular complexity index is 964. The molecule has 0 aliphatic heterocycles. The second kappa shape index (κ2) is 6.88. The molecule has 2 aromatic carbocycles. The van der Waals surface area contributed by atoms with Gasteiger partial charge in [0.15, 0.2) is 0 Å². The SMILES string of the molecule is Cc1ccc(C2=Cc3c(cc(C)c(C)c3-c3ccc(F)cc3)C2)o1.[Zr]. The van der Waals surface area contributed by atoms with Crippen molar-refractivity contribution in [3.8, 4) is 11.1 Å². The number of hydrogen-bond acceptors (Lipinski definition) is 1. The van der Waals surface area contributed by atoms with Gasteiger partial charge in [-0.2, -0.15) is 0 Å². The van der Waals surface area contributed by atoms with Gasteiger partial charge in [0.05, 0.1) is 0 Å². The summed E-state index contributed by atoms with van der Waals surface area (Å²) in [5, 5.41) is 0. The maximum Gasteiger partial charge on any atom is 0.130 e. The van der Waals surface area contributed by atoms with Crippen molar-refractivity contribution >= 4 is 11.6 Å². The van der Waals surface area contributed by atoms with Gasteiger partial charge in [0.1, 0.15) is 17.3 Å². The van der Waals surface area contributed by atoms with Crippen LogP contribution in [0.5, 0.6) is 0 Å². The van der Waals surface area contributed by atoms with Gasteiger partial charge in [-0.05, 0) is 90.1 Å². The third-order valence-electron chi connectivity index (χ3n) is 4.86. The average Bonchev–Trinajstić information content (AvgIpc) is 3.16. The Kier molecular flexibility index (Phi) is 4.98. The van der Waals surface area contributed by atoms with Crippen LogP contribution in [0, 0.1) is 26.6 Å². The van der Waals surface area contributed by atoms with Crippen LogP contribution in [0.3, 0.4) is 0 Å². The van der Waals surface area contributed by atoms with Gasteiger partial charge in [-0.25, -0.2) is 4.39 Å². The first-order chi connectivity index (χ1) is 11.5. The molecule has 0 atom stereocenters. The molecule has 1 aliphatic carbocycles. The van der Waals surface area contributed by atoms with E-state index in [9.17, 15) is 4.39 Å². The number of halogens is 1.